The minimum absolute atomic E-state index is 0.0163. The molecule has 0 atom stereocenters. The van der Waals surface area contributed by atoms with E-state index in [-0.39, 0.29) is 5.91 Å². The number of anilines is 1. The van der Waals surface area contributed by atoms with Gasteiger partial charge in [-0.3, -0.25) is 4.79 Å². The third kappa shape index (κ3) is 6.11. The second kappa shape index (κ2) is 12.5. The highest BCUT2D eigenvalue weighted by atomic mass is 35.5. The number of nitrogens with zero attached hydrogens (tertiary/aromatic N) is 3. The third-order valence-electron chi connectivity index (χ3n) is 6.89. The zero-order valence-corrected chi connectivity index (χ0v) is 23.4. The summed E-state index contributed by atoms with van der Waals surface area (Å²) in [7, 11) is 3.11. The van der Waals surface area contributed by atoms with Crippen molar-refractivity contribution in [1.82, 2.24) is 9.88 Å². The van der Waals surface area contributed by atoms with Crippen LogP contribution in [-0.4, -0.2) is 56.2 Å². The number of benzene rings is 2. The molecule has 2 heterocycles. The second-order valence-electron chi connectivity index (χ2n) is 8.93. The first-order valence-electron chi connectivity index (χ1n) is 12.7. The van der Waals surface area contributed by atoms with Crippen molar-refractivity contribution in [3.8, 4) is 22.8 Å². The highest BCUT2D eigenvalue weighted by Crippen LogP contribution is 2.38. The van der Waals surface area contributed by atoms with Crippen LogP contribution >= 0.6 is 22.9 Å². The van der Waals surface area contributed by atoms with E-state index in [1.54, 1.807) is 43.8 Å². The standard InChI is InChI=1S/C29H34ClN3O3S/c1-5-32(6-2)23-11-7-20(8-12-23)24-19-37-29(31-24)22-15-17-33(18-16-22)26(34)14-10-21-9-13-25(35-3)28(36-4)27(21)30/h7-14,19,22H,5-6,15-18H2,1-4H3/b14-10+. The topological polar surface area (TPSA) is 54.9 Å². The number of carbonyl (C=O) groups excluding carboxylic acids is 1. The van der Waals surface area contributed by atoms with Gasteiger partial charge in [0, 0.05) is 54.8 Å². The van der Waals surface area contributed by atoms with Crippen LogP contribution in [0.25, 0.3) is 17.3 Å². The number of methoxy groups -OCH3 is 2. The van der Waals surface area contributed by atoms with Gasteiger partial charge in [0.2, 0.25) is 5.91 Å². The van der Waals surface area contributed by atoms with Crippen molar-refractivity contribution >= 4 is 40.6 Å². The van der Waals surface area contributed by atoms with E-state index in [1.165, 1.54) is 5.69 Å². The first-order chi connectivity index (χ1) is 18.0. The molecule has 0 aliphatic carbocycles. The summed E-state index contributed by atoms with van der Waals surface area (Å²) in [4.78, 5) is 22.0. The minimum atomic E-state index is -0.0163. The van der Waals surface area contributed by atoms with E-state index in [0.717, 1.165) is 42.2 Å². The van der Waals surface area contributed by atoms with Gasteiger partial charge in [0.05, 0.1) is 29.9 Å². The first kappa shape index (κ1) is 27.0. The number of piperidine rings is 1. The third-order valence-corrected chi connectivity index (χ3v) is 8.29. The van der Waals surface area contributed by atoms with Crippen LogP contribution in [0.1, 0.15) is 43.2 Å². The molecular weight excluding hydrogens is 506 g/mol. The van der Waals surface area contributed by atoms with Crippen LogP contribution in [-0.2, 0) is 4.79 Å². The van der Waals surface area contributed by atoms with Gasteiger partial charge in [-0.1, -0.05) is 23.7 Å². The molecule has 0 unspecified atom stereocenters. The Morgan fingerprint density at radius 3 is 2.43 bits per heavy atom. The Balaban J connectivity index is 1.35. The van der Waals surface area contributed by atoms with Crippen molar-refractivity contribution in [3.05, 3.63) is 63.4 Å². The van der Waals surface area contributed by atoms with Gasteiger partial charge in [0.25, 0.3) is 0 Å². The molecule has 4 rings (SSSR count). The number of thiazole rings is 1. The lowest BCUT2D eigenvalue weighted by Crippen LogP contribution is -2.36. The molecule has 0 bridgehead atoms. The van der Waals surface area contributed by atoms with Gasteiger partial charge in [-0.25, -0.2) is 4.98 Å². The molecule has 0 N–H and O–H groups in total. The molecule has 3 aromatic rings. The van der Waals surface area contributed by atoms with E-state index in [1.807, 2.05) is 11.0 Å². The fourth-order valence-corrected chi connectivity index (χ4v) is 5.98. The van der Waals surface area contributed by atoms with E-state index in [0.29, 0.717) is 41.1 Å². The van der Waals surface area contributed by atoms with E-state index in [4.69, 9.17) is 26.1 Å². The lowest BCUT2D eigenvalue weighted by Gasteiger charge is -2.30. The van der Waals surface area contributed by atoms with E-state index in [2.05, 4.69) is 48.4 Å². The van der Waals surface area contributed by atoms with Crippen LogP contribution < -0.4 is 14.4 Å². The first-order valence-corrected chi connectivity index (χ1v) is 13.9. The number of amides is 1. The maximum Gasteiger partial charge on any atom is 0.246 e. The van der Waals surface area contributed by atoms with Crippen LogP contribution in [0, 0.1) is 0 Å². The minimum Gasteiger partial charge on any atom is -0.493 e. The van der Waals surface area contributed by atoms with Gasteiger partial charge in [0.15, 0.2) is 11.5 Å². The van der Waals surface area contributed by atoms with Crippen LogP contribution in [0.3, 0.4) is 0 Å². The van der Waals surface area contributed by atoms with Gasteiger partial charge in [-0.2, -0.15) is 0 Å². The molecule has 0 spiro atoms. The second-order valence-corrected chi connectivity index (χ2v) is 10.2. The summed E-state index contributed by atoms with van der Waals surface area (Å²) in [5, 5.41) is 3.73. The molecule has 2 aromatic carbocycles. The van der Waals surface area contributed by atoms with Crippen LogP contribution in [0.2, 0.25) is 5.02 Å². The molecular formula is C29H34ClN3O3S. The summed E-state index contributed by atoms with van der Waals surface area (Å²) in [6.07, 6.45) is 5.13. The van der Waals surface area contributed by atoms with E-state index < -0.39 is 0 Å². The van der Waals surface area contributed by atoms with Crippen LogP contribution in [0.15, 0.2) is 47.9 Å². The van der Waals surface area contributed by atoms with Gasteiger partial charge in [0.1, 0.15) is 0 Å². The van der Waals surface area contributed by atoms with Gasteiger partial charge >= 0.3 is 0 Å². The fraction of sp³-hybridized carbons (Fsp3) is 0.379. The number of halogens is 1. The molecule has 6 nitrogen and oxygen atoms in total. The summed E-state index contributed by atoms with van der Waals surface area (Å²) in [5.74, 6) is 1.38. The Bertz CT molecular complexity index is 1230. The Morgan fingerprint density at radius 2 is 1.81 bits per heavy atom. The van der Waals surface area contributed by atoms with Crippen molar-refractivity contribution in [2.24, 2.45) is 0 Å². The van der Waals surface area contributed by atoms with Gasteiger partial charge in [-0.05, 0) is 62.6 Å². The number of ether oxygens (including phenoxy) is 2. The Morgan fingerprint density at radius 1 is 1.11 bits per heavy atom. The highest BCUT2D eigenvalue weighted by Gasteiger charge is 2.25. The predicted molar refractivity (Wildman–Crippen MR) is 153 cm³/mol. The van der Waals surface area contributed by atoms with Crippen molar-refractivity contribution in [3.63, 3.8) is 0 Å². The number of rotatable bonds is 9. The van der Waals surface area contributed by atoms with Crippen molar-refractivity contribution < 1.29 is 14.3 Å². The average molecular weight is 540 g/mol. The quantitative estimate of drug-likeness (QED) is 0.282. The molecule has 0 saturated carbocycles. The molecule has 196 valence electrons. The summed E-state index contributed by atoms with van der Waals surface area (Å²) >= 11 is 8.16. The number of hydrogen-bond acceptors (Lipinski definition) is 6. The molecule has 1 aromatic heterocycles. The molecule has 1 aliphatic heterocycles. The number of likely N-dealkylation sites (tertiary alicyclic amines) is 1. The lowest BCUT2D eigenvalue weighted by atomic mass is 9.97. The summed E-state index contributed by atoms with van der Waals surface area (Å²) in [5.41, 5.74) is 4.12. The number of aromatic nitrogens is 1. The normalized spacial score (nSPS) is 14.2. The summed E-state index contributed by atoms with van der Waals surface area (Å²) < 4.78 is 10.6. The van der Waals surface area contributed by atoms with E-state index >= 15 is 0 Å². The van der Waals surface area contributed by atoms with Crippen molar-refractivity contribution in [2.75, 3.05) is 45.3 Å². The predicted octanol–water partition coefficient (Wildman–Crippen LogP) is 6.75. The zero-order chi connectivity index (χ0) is 26.4. The van der Waals surface area contributed by atoms with Gasteiger partial charge in [-0.15, -0.1) is 11.3 Å². The fourth-order valence-electron chi connectivity index (χ4n) is 4.69. The molecule has 8 heteroatoms. The van der Waals surface area contributed by atoms with Gasteiger partial charge < -0.3 is 19.3 Å². The highest BCUT2D eigenvalue weighted by molar-refractivity contribution is 7.10. The van der Waals surface area contributed by atoms with Crippen molar-refractivity contribution in [2.45, 2.75) is 32.6 Å². The van der Waals surface area contributed by atoms with E-state index in [9.17, 15) is 4.79 Å². The zero-order valence-electron chi connectivity index (χ0n) is 21.9. The molecule has 1 amide bonds. The maximum atomic E-state index is 12.8. The monoisotopic (exact) mass is 539 g/mol. The smallest absolute Gasteiger partial charge is 0.246 e. The molecule has 0 radical (unpaired) electrons. The average Bonchev–Trinajstić information content (AvgIpc) is 3.43. The SMILES string of the molecule is CCN(CC)c1ccc(-c2csc(C3CCN(C(=O)/C=C/c4ccc(OC)c(OC)c4Cl)CC3)n2)cc1. The Labute approximate surface area is 228 Å². The summed E-state index contributed by atoms with van der Waals surface area (Å²) in [6, 6.07) is 12.3. The number of carbonyl (C=O) groups is 1. The van der Waals surface area contributed by atoms with Crippen molar-refractivity contribution in [1.29, 1.82) is 0 Å². The number of hydrogen-bond donors (Lipinski definition) is 0. The van der Waals surface area contributed by atoms with Crippen LogP contribution in [0.4, 0.5) is 5.69 Å². The molecule has 1 aliphatic rings. The molecule has 37 heavy (non-hydrogen) atoms. The lowest BCUT2D eigenvalue weighted by molar-refractivity contribution is -0.126. The maximum absolute atomic E-state index is 12.8. The molecule has 1 fully saturated rings. The summed E-state index contributed by atoms with van der Waals surface area (Å²) in [6.45, 7) is 7.76. The van der Waals surface area contributed by atoms with Crippen LogP contribution in [0.5, 0.6) is 11.5 Å². The largest absolute Gasteiger partial charge is 0.493 e. The Kier molecular flexibility index (Phi) is 9.11. The molecule has 1 saturated heterocycles. The Hall–Kier alpha value is -3.03.